The van der Waals surface area contributed by atoms with Crippen molar-refractivity contribution in [3.8, 4) is 5.75 Å². The van der Waals surface area contributed by atoms with E-state index in [1.807, 2.05) is 0 Å². The van der Waals surface area contributed by atoms with Crippen molar-refractivity contribution in [2.24, 2.45) is 0 Å². The first-order chi connectivity index (χ1) is 16.0. The van der Waals surface area contributed by atoms with Gasteiger partial charge in [0.1, 0.15) is 18.2 Å². The molecule has 1 N–H and O–H groups in total. The van der Waals surface area contributed by atoms with Crippen LogP contribution in [0.5, 0.6) is 5.75 Å². The second-order valence-corrected chi connectivity index (χ2v) is 7.45. The summed E-state index contributed by atoms with van der Waals surface area (Å²) in [6.45, 7) is 0.595. The van der Waals surface area contributed by atoms with Gasteiger partial charge in [0, 0.05) is 13.7 Å². The Morgan fingerprint density at radius 1 is 1.15 bits per heavy atom. The highest BCUT2D eigenvalue weighted by Crippen LogP contribution is 2.39. The van der Waals surface area contributed by atoms with E-state index >= 15 is 0 Å². The lowest BCUT2D eigenvalue weighted by atomic mass is 9.95. The van der Waals surface area contributed by atoms with Gasteiger partial charge in [0.15, 0.2) is 11.5 Å². The molecule has 1 unspecified atom stereocenters. The Morgan fingerprint density at radius 3 is 2.64 bits per heavy atom. The molecule has 0 spiro atoms. The Kier molecular flexibility index (Phi) is 6.55. The lowest BCUT2D eigenvalue weighted by molar-refractivity contribution is -0.130. The standard InChI is InChI=1S/C25H22FNO6/c1-31-13-11-27-22(21(24(29)25(27)30)23(28)20-6-3-12-32-20)17-4-2-5-19(14-17)33-15-16-7-9-18(26)10-8-16/h2-10,12,14,22,29H,11,13,15H2,1H3. The molecule has 0 saturated heterocycles. The molecule has 1 atom stereocenters. The molecule has 7 nitrogen and oxygen atoms in total. The van der Waals surface area contributed by atoms with E-state index in [0.717, 1.165) is 5.56 Å². The van der Waals surface area contributed by atoms with Gasteiger partial charge in [0.05, 0.1) is 24.5 Å². The van der Waals surface area contributed by atoms with Crippen molar-refractivity contribution in [1.29, 1.82) is 0 Å². The van der Waals surface area contributed by atoms with Crippen LogP contribution in [0, 0.1) is 5.82 Å². The summed E-state index contributed by atoms with van der Waals surface area (Å²) in [5, 5.41) is 10.6. The fraction of sp³-hybridized carbons (Fsp3) is 0.200. The SMILES string of the molecule is COCCN1C(=O)C(O)=C(C(=O)c2ccco2)C1c1cccc(OCc2ccc(F)cc2)c1. The maximum Gasteiger partial charge on any atom is 0.290 e. The van der Waals surface area contributed by atoms with Gasteiger partial charge in [-0.25, -0.2) is 4.39 Å². The second kappa shape index (κ2) is 9.70. The smallest absolute Gasteiger partial charge is 0.290 e. The summed E-state index contributed by atoms with van der Waals surface area (Å²) < 4.78 is 29.3. The number of ether oxygens (including phenoxy) is 2. The van der Waals surface area contributed by atoms with Crippen LogP contribution in [0.1, 0.15) is 27.7 Å². The number of nitrogens with zero attached hydrogens (tertiary/aromatic N) is 1. The minimum atomic E-state index is -0.848. The number of aliphatic hydroxyl groups excluding tert-OH is 1. The Balaban J connectivity index is 1.65. The third-order valence-electron chi connectivity index (χ3n) is 5.32. The molecular formula is C25H22FNO6. The molecule has 1 aromatic heterocycles. The van der Waals surface area contributed by atoms with Crippen LogP contribution in [0.4, 0.5) is 4.39 Å². The van der Waals surface area contributed by atoms with Crippen molar-refractivity contribution in [3.05, 3.63) is 101 Å². The van der Waals surface area contributed by atoms with Gasteiger partial charge in [-0.05, 0) is 47.5 Å². The number of amides is 1. The van der Waals surface area contributed by atoms with Crippen LogP contribution in [-0.4, -0.2) is 42.0 Å². The summed E-state index contributed by atoms with van der Waals surface area (Å²) in [6.07, 6.45) is 1.35. The van der Waals surface area contributed by atoms with Crippen molar-refractivity contribution in [3.63, 3.8) is 0 Å². The van der Waals surface area contributed by atoms with E-state index in [1.54, 1.807) is 42.5 Å². The number of benzene rings is 2. The second-order valence-electron chi connectivity index (χ2n) is 7.45. The van der Waals surface area contributed by atoms with Crippen LogP contribution in [0.15, 0.2) is 82.7 Å². The van der Waals surface area contributed by atoms with Crippen LogP contribution < -0.4 is 4.74 Å². The third kappa shape index (κ3) is 4.65. The van der Waals surface area contributed by atoms with Crippen molar-refractivity contribution in [2.75, 3.05) is 20.3 Å². The topological polar surface area (TPSA) is 89.2 Å². The minimum absolute atomic E-state index is 0.0201. The summed E-state index contributed by atoms with van der Waals surface area (Å²) in [5.74, 6) is -1.67. The number of hydrogen-bond donors (Lipinski definition) is 1. The van der Waals surface area contributed by atoms with E-state index in [4.69, 9.17) is 13.9 Å². The molecule has 1 amide bonds. The molecule has 33 heavy (non-hydrogen) atoms. The van der Waals surface area contributed by atoms with Crippen LogP contribution in [-0.2, 0) is 16.1 Å². The summed E-state index contributed by atoms with van der Waals surface area (Å²) in [5.41, 5.74) is 1.29. The molecule has 3 aromatic rings. The molecule has 2 heterocycles. The zero-order chi connectivity index (χ0) is 23.4. The predicted molar refractivity (Wildman–Crippen MR) is 116 cm³/mol. The highest BCUT2D eigenvalue weighted by molar-refractivity contribution is 6.15. The highest BCUT2D eigenvalue weighted by Gasteiger charge is 2.44. The summed E-state index contributed by atoms with van der Waals surface area (Å²) in [6, 6.07) is 15.1. The first-order valence-corrected chi connectivity index (χ1v) is 10.3. The van der Waals surface area contributed by atoms with E-state index in [-0.39, 0.29) is 36.9 Å². The monoisotopic (exact) mass is 451 g/mol. The molecule has 1 aliphatic rings. The molecular weight excluding hydrogens is 429 g/mol. The van der Waals surface area contributed by atoms with E-state index in [2.05, 4.69) is 0 Å². The number of Topliss-reactive ketones (excluding diaryl/α,β-unsaturated/α-hetero) is 1. The number of halogens is 1. The van der Waals surface area contributed by atoms with Gasteiger partial charge < -0.3 is 23.9 Å². The molecule has 0 aliphatic carbocycles. The average Bonchev–Trinajstić information content (AvgIpc) is 3.45. The summed E-state index contributed by atoms with van der Waals surface area (Å²) in [7, 11) is 1.50. The number of ketones is 1. The molecule has 170 valence electrons. The zero-order valence-corrected chi connectivity index (χ0v) is 17.9. The zero-order valence-electron chi connectivity index (χ0n) is 17.9. The van der Waals surface area contributed by atoms with Gasteiger partial charge in [-0.2, -0.15) is 0 Å². The molecule has 4 rings (SSSR count). The van der Waals surface area contributed by atoms with Crippen molar-refractivity contribution < 1.29 is 33.0 Å². The van der Waals surface area contributed by atoms with Crippen molar-refractivity contribution >= 4 is 11.7 Å². The van der Waals surface area contributed by atoms with E-state index in [1.165, 1.54) is 36.5 Å². The number of hydrogen-bond acceptors (Lipinski definition) is 6. The summed E-state index contributed by atoms with van der Waals surface area (Å²) >= 11 is 0. The Morgan fingerprint density at radius 2 is 1.94 bits per heavy atom. The first-order valence-electron chi connectivity index (χ1n) is 10.3. The fourth-order valence-corrected chi connectivity index (χ4v) is 3.71. The first kappa shape index (κ1) is 22.3. The van der Waals surface area contributed by atoms with E-state index < -0.39 is 23.5 Å². The number of rotatable bonds is 9. The average molecular weight is 451 g/mol. The number of aliphatic hydroxyl groups is 1. The number of methoxy groups -OCH3 is 1. The van der Waals surface area contributed by atoms with Crippen LogP contribution >= 0.6 is 0 Å². The lowest BCUT2D eigenvalue weighted by Gasteiger charge is -2.26. The number of carbonyl (C=O) groups is 2. The largest absolute Gasteiger partial charge is 0.503 e. The van der Waals surface area contributed by atoms with Gasteiger partial charge in [-0.15, -0.1) is 0 Å². The van der Waals surface area contributed by atoms with Gasteiger partial charge in [0.25, 0.3) is 5.91 Å². The Bertz CT molecular complexity index is 1170. The van der Waals surface area contributed by atoms with Gasteiger partial charge >= 0.3 is 0 Å². The fourth-order valence-electron chi connectivity index (χ4n) is 3.71. The van der Waals surface area contributed by atoms with Crippen molar-refractivity contribution in [2.45, 2.75) is 12.6 Å². The number of furan rings is 1. The Labute approximate surface area is 189 Å². The van der Waals surface area contributed by atoms with Crippen LogP contribution in [0.25, 0.3) is 0 Å². The molecule has 2 aromatic carbocycles. The van der Waals surface area contributed by atoms with Crippen LogP contribution in [0.2, 0.25) is 0 Å². The maximum absolute atomic E-state index is 13.1. The van der Waals surface area contributed by atoms with Crippen LogP contribution in [0.3, 0.4) is 0 Å². The predicted octanol–water partition coefficient (Wildman–Crippen LogP) is 4.22. The summed E-state index contributed by atoms with van der Waals surface area (Å²) in [4.78, 5) is 27.3. The lowest BCUT2D eigenvalue weighted by Crippen LogP contribution is -2.34. The van der Waals surface area contributed by atoms with Gasteiger partial charge in [-0.1, -0.05) is 24.3 Å². The normalized spacial score (nSPS) is 15.9. The minimum Gasteiger partial charge on any atom is -0.503 e. The Hall–Kier alpha value is -3.91. The third-order valence-corrected chi connectivity index (χ3v) is 5.32. The van der Waals surface area contributed by atoms with E-state index in [9.17, 15) is 19.1 Å². The van der Waals surface area contributed by atoms with Gasteiger partial charge in [0.2, 0.25) is 5.78 Å². The van der Waals surface area contributed by atoms with Gasteiger partial charge in [-0.3, -0.25) is 9.59 Å². The molecule has 1 aliphatic heterocycles. The molecule has 0 fully saturated rings. The maximum atomic E-state index is 13.1. The highest BCUT2D eigenvalue weighted by atomic mass is 19.1. The molecule has 8 heteroatoms. The number of carbonyl (C=O) groups excluding carboxylic acids is 2. The van der Waals surface area contributed by atoms with E-state index in [0.29, 0.717) is 11.3 Å². The quantitative estimate of drug-likeness (QED) is 0.490. The molecule has 0 saturated carbocycles. The van der Waals surface area contributed by atoms with Crippen molar-refractivity contribution in [1.82, 2.24) is 4.90 Å². The molecule has 0 radical (unpaired) electrons. The molecule has 0 bridgehead atoms.